The maximum Gasteiger partial charge on any atom is 0.351 e. The summed E-state index contributed by atoms with van der Waals surface area (Å²) in [5.74, 6) is -0.860. The smallest absolute Gasteiger partial charge is 0.351 e. The van der Waals surface area contributed by atoms with Gasteiger partial charge in [-0.15, -0.1) is 0 Å². The van der Waals surface area contributed by atoms with Gasteiger partial charge in [-0.25, -0.2) is 9.59 Å². The number of cyclic esters (lactones) is 1. The van der Waals surface area contributed by atoms with Gasteiger partial charge >= 0.3 is 11.9 Å². The van der Waals surface area contributed by atoms with Crippen molar-refractivity contribution >= 4 is 34.5 Å². The fourth-order valence-electron chi connectivity index (χ4n) is 2.11. The highest BCUT2D eigenvalue weighted by molar-refractivity contribution is 14.1. The van der Waals surface area contributed by atoms with Gasteiger partial charge in [0, 0.05) is 12.5 Å². The zero-order chi connectivity index (χ0) is 14.3. The molecule has 0 saturated heterocycles. The summed E-state index contributed by atoms with van der Waals surface area (Å²) in [6.45, 7) is 4.18. The monoisotopic (exact) mass is 380 g/mol. The van der Waals surface area contributed by atoms with E-state index in [4.69, 9.17) is 9.47 Å². The van der Waals surface area contributed by atoms with E-state index in [0.717, 1.165) is 31.3 Å². The van der Waals surface area contributed by atoms with Gasteiger partial charge in [-0.2, -0.15) is 0 Å². The van der Waals surface area contributed by atoms with Crippen LogP contribution >= 0.6 is 22.6 Å². The molecule has 0 N–H and O–H groups in total. The van der Waals surface area contributed by atoms with E-state index in [1.165, 1.54) is 6.08 Å². The summed E-state index contributed by atoms with van der Waals surface area (Å²) in [6, 6.07) is 0. The van der Waals surface area contributed by atoms with Crippen molar-refractivity contribution in [2.24, 2.45) is 0 Å². The first-order chi connectivity index (χ1) is 9.07. The summed E-state index contributed by atoms with van der Waals surface area (Å²) in [5, 5.41) is 0. The predicted octanol–water partition coefficient (Wildman–Crippen LogP) is 3.18. The standard InChI is InChI=1S/C14H21IO4/c1-3-5-6-7-11-8-12(16)19-14(9-11,10-15)13(17)18-4-2/h8H,3-7,9-10H2,1-2H3. The summed E-state index contributed by atoms with van der Waals surface area (Å²) in [7, 11) is 0. The van der Waals surface area contributed by atoms with Crippen LogP contribution in [0.5, 0.6) is 0 Å². The summed E-state index contributed by atoms with van der Waals surface area (Å²) in [4.78, 5) is 23.7. The third kappa shape index (κ3) is 4.47. The lowest BCUT2D eigenvalue weighted by molar-refractivity contribution is -0.177. The van der Waals surface area contributed by atoms with Crippen molar-refractivity contribution in [2.45, 2.75) is 51.6 Å². The lowest BCUT2D eigenvalue weighted by Gasteiger charge is -2.32. The Balaban J connectivity index is 2.78. The number of rotatable bonds is 7. The van der Waals surface area contributed by atoms with Crippen LogP contribution in [0.25, 0.3) is 0 Å². The van der Waals surface area contributed by atoms with Gasteiger partial charge in [0.05, 0.1) is 11.0 Å². The number of halogens is 1. The van der Waals surface area contributed by atoms with Crippen molar-refractivity contribution in [3.63, 3.8) is 0 Å². The van der Waals surface area contributed by atoms with E-state index in [0.29, 0.717) is 17.5 Å². The first kappa shape index (κ1) is 16.5. The average Bonchev–Trinajstić information content (AvgIpc) is 2.38. The zero-order valence-corrected chi connectivity index (χ0v) is 13.7. The van der Waals surface area contributed by atoms with Crippen LogP contribution in [-0.4, -0.2) is 28.6 Å². The maximum absolute atomic E-state index is 12.0. The number of hydrogen-bond donors (Lipinski definition) is 0. The average molecular weight is 380 g/mol. The largest absolute Gasteiger partial charge is 0.463 e. The molecule has 0 aromatic rings. The second-order valence-electron chi connectivity index (χ2n) is 4.71. The molecule has 1 unspecified atom stereocenters. The number of esters is 2. The van der Waals surface area contributed by atoms with Crippen molar-refractivity contribution in [3.8, 4) is 0 Å². The molecule has 4 nitrogen and oxygen atoms in total. The maximum atomic E-state index is 12.0. The molecule has 0 amide bonds. The van der Waals surface area contributed by atoms with Crippen LogP contribution in [0.1, 0.15) is 46.0 Å². The Morgan fingerprint density at radius 1 is 1.47 bits per heavy atom. The molecular formula is C14H21IO4. The first-order valence-corrected chi connectivity index (χ1v) is 8.26. The highest BCUT2D eigenvalue weighted by Crippen LogP contribution is 2.32. The SMILES string of the molecule is CCCCCC1=CC(=O)OC(CI)(C(=O)OCC)C1. The van der Waals surface area contributed by atoms with E-state index >= 15 is 0 Å². The Morgan fingerprint density at radius 2 is 2.21 bits per heavy atom. The number of carbonyl (C=O) groups is 2. The van der Waals surface area contributed by atoms with Gasteiger partial charge < -0.3 is 9.47 Å². The molecule has 1 heterocycles. The van der Waals surface area contributed by atoms with Crippen molar-refractivity contribution in [3.05, 3.63) is 11.6 Å². The van der Waals surface area contributed by atoms with Crippen molar-refractivity contribution in [1.29, 1.82) is 0 Å². The topological polar surface area (TPSA) is 52.6 Å². The molecule has 0 aliphatic carbocycles. The van der Waals surface area contributed by atoms with Gasteiger partial charge in [-0.3, -0.25) is 0 Å². The van der Waals surface area contributed by atoms with Crippen molar-refractivity contribution in [1.82, 2.24) is 0 Å². The number of unbranched alkanes of at least 4 members (excludes halogenated alkanes) is 2. The molecule has 0 radical (unpaired) electrons. The van der Waals surface area contributed by atoms with Crippen molar-refractivity contribution < 1.29 is 19.1 Å². The molecule has 0 saturated carbocycles. The van der Waals surface area contributed by atoms with E-state index in [1.54, 1.807) is 6.92 Å². The Hall–Kier alpha value is -0.590. The van der Waals surface area contributed by atoms with Crippen LogP contribution < -0.4 is 0 Å². The molecule has 1 atom stereocenters. The van der Waals surface area contributed by atoms with Crippen LogP contribution in [-0.2, 0) is 19.1 Å². The molecule has 0 aromatic carbocycles. The number of hydrogen-bond acceptors (Lipinski definition) is 4. The quantitative estimate of drug-likeness (QED) is 0.295. The van der Waals surface area contributed by atoms with E-state index in [-0.39, 0.29) is 0 Å². The molecular weight excluding hydrogens is 359 g/mol. The van der Waals surface area contributed by atoms with Crippen molar-refractivity contribution in [2.75, 3.05) is 11.0 Å². The Bertz CT molecular complexity index is 364. The predicted molar refractivity (Wildman–Crippen MR) is 81.2 cm³/mol. The van der Waals surface area contributed by atoms with Crippen LogP contribution in [0.4, 0.5) is 0 Å². The molecule has 1 aliphatic rings. The third-order valence-electron chi connectivity index (χ3n) is 3.10. The molecule has 108 valence electrons. The molecule has 19 heavy (non-hydrogen) atoms. The summed E-state index contributed by atoms with van der Waals surface area (Å²) in [6.07, 6.45) is 6.14. The van der Waals surface area contributed by atoms with E-state index in [9.17, 15) is 9.59 Å². The highest BCUT2D eigenvalue weighted by atomic mass is 127. The van der Waals surface area contributed by atoms with E-state index < -0.39 is 17.5 Å². The molecule has 0 bridgehead atoms. The Kier molecular flexibility index (Phi) is 6.82. The highest BCUT2D eigenvalue weighted by Gasteiger charge is 2.45. The molecule has 0 spiro atoms. The molecule has 0 fully saturated rings. The second-order valence-corrected chi connectivity index (χ2v) is 5.47. The lowest BCUT2D eigenvalue weighted by Crippen LogP contribution is -2.48. The molecule has 0 aromatic heterocycles. The summed E-state index contributed by atoms with van der Waals surface area (Å²) < 4.78 is 10.7. The number of alkyl halides is 1. The van der Waals surface area contributed by atoms with Gasteiger partial charge in [0.25, 0.3) is 0 Å². The van der Waals surface area contributed by atoms with E-state index in [1.807, 2.05) is 0 Å². The fourth-order valence-corrected chi connectivity index (χ4v) is 2.85. The van der Waals surface area contributed by atoms with Gasteiger partial charge in [0.2, 0.25) is 5.60 Å². The Morgan fingerprint density at radius 3 is 2.79 bits per heavy atom. The minimum Gasteiger partial charge on any atom is -0.463 e. The molecule has 1 aliphatic heterocycles. The van der Waals surface area contributed by atoms with Crippen LogP contribution in [0, 0.1) is 0 Å². The third-order valence-corrected chi connectivity index (χ3v) is 4.33. The van der Waals surface area contributed by atoms with Gasteiger partial charge in [-0.1, -0.05) is 47.9 Å². The Labute approximate surface area is 128 Å². The van der Waals surface area contributed by atoms with E-state index in [2.05, 4.69) is 29.5 Å². The summed E-state index contributed by atoms with van der Waals surface area (Å²) in [5.41, 5.74) is -0.126. The normalized spacial score (nSPS) is 22.7. The number of ether oxygens (including phenoxy) is 2. The zero-order valence-electron chi connectivity index (χ0n) is 11.5. The summed E-state index contributed by atoms with van der Waals surface area (Å²) >= 11 is 2.07. The molecule has 1 rings (SSSR count). The lowest BCUT2D eigenvalue weighted by atomic mass is 9.90. The second kappa shape index (κ2) is 7.87. The van der Waals surface area contributed by atoms with Crippen LogP contribution in [0.15, 0.2) is 11.6 Å². The van der Waals surface area contributed by atoms with Gasteiger partial charge in [0.1, 0.15) is 0 Å². The van der Waals surface area contributed by atoms with Crippen LogP contribution in [0.3, 0.4) is 0 Å². The van der Waals surface area contributed by atoms with Gasteiger partial charge in [0.15, 0.2) is 0 Å². The molecule has 5 heteroatoms. The number of carbonyl (C=O) groups excluding carboxylic acids is 2. The first-order valence-electron chi connectivity index (χ1n) is 6.73. The fraction of sp³-hybridized carbons (Fsp3) is 0.714. The van der Waals surface area contributed by atoms with Crippen LogP contribution in [0.2, 0.25) is 0 Å². The minimum atomic E-state index is -1.12. The minimum absolute atomic E-state index is 0.295. The van der Waals surface area contributed by atoms with Gasteiger partial charge in [-0.05, 0) is 19.8 Å².